The number of fused-ring (bicyclic) bond motifs is 1. The average Bonchev–Trinajstić information content (AvgIpc) is 3.47. The molecule has 2 heterocycles. The van der Waals surface area contributed by atoms with Crippen LogP contribution in [0.4, 0.5) is 0 Å². The Balaban J connectivity index is 1.48. The number of hydrogen-bond donors (Lipinski definition) is 4. The summed E-state index contributed by atoms with van der Waals surface area (Å²) >= 11 is 0. The van der Waals surface area contributed by atoms with Gasteiger partial charge in [-0.1, -0.05) is 11.6 Å². The molecule has 0 aliphatic carbocycles. The SMILES string of the molecule is COc1c(C)c2c(c(O)c1C/C=C(\C)CC(CC(=O)NCCNC(=O)CCN1C(=O)C=CC1=O)C(=O)O)C(=O)OC2. The first kappa shape index (κ1) is 30.9. The highest BCUT2D eigenvalue weighted by atomic mass is 16.5. The summed E-state index contributed by atoms with van der Waals surface area (Å²) in [5.74, 6) is -4.47. The van der Waals surface area contributed by atoms with Gasteiger partial charge in [0, 0.05) is 55.8 Å². The lowest BCUT2D eigenvalue weighted by Gasteiger charge is -2.16. The Morgan fingerprint density at radius 1 is 1.10 bits per heavy atom. The quantitative estimate of drug-likeness (QED) is 0.108. The molecule has 0 fully saturated rings. The molecule has 0 spiro atoms. The number of rotatable bonds is 14. The zero-order valence-electron chi connectivity index (χ0n) is 23.1. The normalized spacial score (nSPS) is 15.0. The van der Waals surface area contributed by atoms with Gasteiger partial charge in [0.25, 0.3) is 11.8 Å². The van der Waals surface area contributed by atoms with E-state index in [1.54, 1.807) is 19.9 Å². The van der Waals surface area contributed by atoms with Gasteiger partial charge in [-0.05, 0) is 32.3 Å². The van der Waals surface area contributed by atoms with Crippen LogP contribution in [0.15, 0.2) is 23.8 Å². The number of cyclic esters (lactones) is 1. The maximum atomic E-state index is 12.4. The van der Waals surface area contributed by atoms with Crippen molar-refractivity contribution in [3.8, 4) is 11.5 Å². The summed E-state index contributed by atoms with van der Waals surface area (Å²) in [6.07, 6.45) is 3.83. The van der Waals surface area contributed by atoms with Crippen molar-refractivity contribution >= 4 is 35.6 Å². The number of aromatic hydroxyl groups is 1. The van der Waals surface area contributed by atoms with Crippen molar-refractivity contribution in [2.24, 2.45) is 5.92 Å². The van der Waals surface area contributed by atoms with E-state index in [9.17, 15) is 39.0 Å². The zero-order chi connectivity index (χ0) is 30.3. The third kappa shape index (κ3) is 7.50. The first-order valence-electron chi connectivity index (χ1n) is 13.0. The highest BCUT2D eigenvalue weighted by Crippen LogP contribution is 2.42. The van der Waals surface area contributed by atoms with Gasteiger partial charge in [0.2, 0.25) is 11.8 Å². The molecule has 4 N–H and O–H groups in total. The van der Waals surface area contributed by atoms with E-state index in [0.29, 0.717) is 28.0 Å². The number of phenolic OH excluding ortho intramolecular Hbond substituents is 1. The van der Waals surface area contributed by atoms with Crippen LogP contribution in [0.5, 0.6) is 11.5 Å². The maximum Gasteiger partial charge on any atom is 0.342 e. The number of hydrogen-bond acceptors (Lipinski definition) is 9. The highest BCUT2D eigenvalue weighted by molar-refractivity contribution is 6.13. The van der Waals surface area contributed by atoms with Gasteiger partial charge in [-0.3, -0.25) is 28.9 Å². The van der Waals surface area contributed by atoms with E-state index >= 15 is 0 Å². The van der Waals surface area contributed by atoms with Gasteiger partial charge in [0.1, 0.15) is 23.7 Å². The maximum absolute atomic E-state index is 12.4. The lowest BCUT2D eigenvalue weighted by atomic mass is 9.93. The molecule has 1 unspecified atom stereocenters. The molecule has 13 nitrogen and oxygen atoms in total. The Morgan fingerprint density at radius 3 is 2.34 bits per heavy atom. The minimum atomic E-state index is -1.15. The van der Waals surface area contributed by atoms with Crippen LogP contribution in [0.2, 0.25) is 0 Å². The molecule has 0 bridgehead atoms. The largest absolute Gasteiger partial charge is 0.507 e. The second-order valence-electron chi connectivity index (χ2n) is 9.72. The number of allylic oxidation sites excluding steroid dienone is 2. The van der Waals surface area contributed by atoms with Crippen LogP contribution in [0.3, 0.4) is 0 Å². The summed E-state index contributed by atoms with van der Waals surface area (Å²) in [4.78, 5) is 72.2. The van der Waals surface area contributed by atoms with Crippen LogP contribution < -0.4 is 15.4 Å². The number of nitrogens with zero attached hydrogens (tertiary/aromatic N) is 1. The molecule has 2 aliphatic rings. The molecule has 1 aromatic rings. The fourth-order valence-electron chi connectivity index (χ4n) is 4.68. The number of imide groups is 1. The first-order chi connectivity index (χ1) is 19.4. The second-order valence-corrected chi connectivity index (χ2v) is 9.72. The standard InChI is InChI=1S/C28H33N3O10/c1-15(4-5-18-25(36)24-19(14-41-28(24)39)16(2)26(18)40-3)12-17(27(37)38)13-21(33)30-10-9-29-20(32)8-11-31-22(34)6-7-23(31)35/h4,6-7,17,36H,5,8-14H2,1-3H3,(H,29,32)(H,30,33)(H,37,38)/b15-4+. The molecule has 0 aromatic heterocycles. The molecule has 220 valence electrons. The molecule has 1 aromatic carbocycles. The molecule has 0 saturated heterocycles. The Morgan fingerprint density at radius 2 is 1.73 bits per heavy atom. The van der Waals surface area contributed by atoms with Crippen LogP contribution in [0.1, 0.15) is 53.2 Å². The van der Waals surface area contributed by atoms with Crippen molar-refractivity contribution in [1.82, 2.24) is 15.5 Å². The number of nitrogens with one attached hydrogen (secondary N) is 2. The van der Waals surface area contributed by atoms with Gasteiger partial charge in [-0.2, -0.15) is 0 Å². The Kier molecular flexibility index (Phi) is 10.2. The number of carboxylic acids is 1. The van der Waals surface area contributed by atoms with E-state index in [4.69, 9.17) is 9.47 Å². The van der Waals surface area contributed by atoms with Crippen molar-refractivity contribution in [3.63, 3.8) is 0 Å². The van der Waals surface area contributed by atoms with Gasteiger partial charge >= 0.3 is 11.9 Å². The molecule has 3 rings (SSSR count). The number of carbonyl (C=O) groups excluding carboxylic acids is 5. The number of methoxy groups -OCH3 is 1. The zero-order valence-corrected chi connectivity index (χ0v) is 23.1. The number of phenols is 1. The van der Waals surface area contributed by atoms with Crippen LogP contribution in [0.25, 0.3) is 0 Å². The predicted molar refractivity (Wildman–Crippen MR) is 143 cm³/mol. The lowest BCUT2D eigenvalue weighted by Crippen LogP contribution is -2.38. The number of esters is 1. The number of carbonyl (C=O) groups is 6. The smallest absolute Gasteiger partial charge is 0.342 e. The van der Waals surface area contributed by atoms with E-state index < -0.39 is 41.5 Å². The van der Waals surface area contributed by atoms with Crippen molar-refractivity contribution in [2.45, 2.75) is 46.1 Å². The van der Waals surface area contributed by atoms with E-state index in [-0.39, 0.29) is 63.2 Å². The van der Waals surface area contributed by atoms with E-state index in [1.807, 2.05) is 0 Å². The summed E-state index contributed by atoms with van der Waals surface area (Å²) in [6.45, 7) is 3.62. The summed E-state index contributed by atoms with van der Waals surface area (Å²) in [6, 6.07) is 0. The molecule has 13 heteroatoms. The third-order valence-corrected chi connectivity index (χ3v) is 6.88. The van der Waals surface area contributed by atoms with Gasteiger partial charge in [-0.25, -0.2) is 4.79 Å². The van der Waals surface area contributed by atoms with Crippen LogP contribution >= 0.6 is 0 Å². The van der Waals surface area contributed by atoms with Crippen molar-refractivity contribution < 1.29 is 48.5 Å². The second kappa shape index (κ2) is 13.6. The number of carboxylic acid groups (broad SMARTS) is 1. The minimum absolute atomic E-state index is 0.0504. The van der Waals surface area contributed by atoms with Gasteiger partial charge in [-0.15, -0.1) is 0 Å². The lowest BCUT2D eigenvalue weighted by molar-refractivity contribution is -0.144. The van der Waals surface area contributed by atoms with Crippen LogP contribution in [-0.4, -0.2) is 77.4 Å². The molecule has 0 saturated carbocycles. The topological polar surface area (TPSA) is 189 Å². The number of benzene rings is 1. The number of aliphatic carboxylic acids is 1. The van der Waals surface area contributed by atoms with Gasteiger partial charge < -0.3 is 30.3 Å². The van der Waals surface area contributed by atoms with Crippen LogP contribution in [0, 0.1) is 12.8 Å². The molecule has 2 aliphatic heterocycles. The predicted octanol–water partition coefficient (Wildman–Crippen LogP) is 0.897. The Hall–Kier alpha value is -4.68. The van der Waals surface area contributed by atoms with Gasteiger partial charge in [0.05, 0.1) is 13.0 Å². The molecule has 1 atom stereocenters. The summed E-state index contributed by atoms with van der Waals surface area (Å²) in [5, 5.41) is 25.5. The Labute approximate surface area is 236 Å². The van der Waals surface area contributed by atoms with Crippen molar-refractivity contribution in [1.29, 1.82) is 0 Å². The molecular weight excluding hydrogens is 538 g/mol. The third-order valence-electron chi connectivity index (χ3n) is 6.88. The van der Waals surface area contributed by atoms with E-state index in [2.05, 4.69) is 10.6 Å². The molecular formula is C28H33N3O10. The monoisotopic (exact) mass is 571 g/mol. The van der Waals surface area contributed by atoms with Crippen LogP contribution in [-0.2, 0) is 41.7 Å². The fraction of sp³-hybridized carbons (Fsp3) is 0.429. The van der Waals surface area contributed by atoms with E-state index in [1.165, 1.54) is 7.11 Å². The highest BCUT2D eigenvalue weighted by Gasteiger charge is 2.32. The molecule has 4 amide bonds. The van der Waals surface area contributed by atoms with Crippen molar-refractivity contribution in [3.05, 3.63) is 46.1 Å². The molecule has 41 heavy (non-hydrogen) atoms. The average molecular weight is 572 g/mol. The van der Waals surface area contributed by atoms with Gasteiger partial charge in [0.15, 0.2) is 0 Å². The minimum Gasteiger partial charge on any atom is -0.507 e. The Bertz CT molecular complexity index is 1310. The summed E-state index contributed by atoms with van der Waals surface area (Å²) < 4.78 is 10.5. The number of ether oxygens (including phenoxy) is 2. The van der Waals surface area contributed by atoms with Crippen molar-refractivity contribution in [2.75, 3.05) is 26.7 Å². The van der Waals surface area contributed by atoms with E-state index in [0.717, 1.165) is 17.1 Å². The fourth-order valence-corrected chi connectivity index (χ4v) is 4.68. The number of amides is 4. The summed E-state index contributed by atoms with van der Waals surface area (Å²) in [7, 11) is 1.45. The summed E-state index contributed by atoms with van der Waals surface area (Å²) in [5.41, 5.74) is 2.39. The first-order valence-corrected chi connectivity index (χ1v) is 13.0. The molecule has 0 radical (unpaired) electrons.